The van der Waals surface area contributed by atoms with Crippen LogP contribution >= 0.6 is 15.9 Å². The fraction of sp³-hybridized carbons (Fsp3) is 0.556. The molecule has 3 rings (SSSR count). The van der Waals surface area contributed by atoms with Crippen molar-refractivity contribution in [2.75, 3.05) is 0 Å². The summed E-state index contributed by atoms with van der Waals surface area (Å²) in [7, 11) is 0. The van der Waals surface area contributed by atoms with E-state index in [0.717, 1.165) is 19.3 Å². The summed E-state index contributed by atoms with van der Waals surface area (Å²) in [6.07, 6.45) is 3.87. The molecule has 1 aliphatic rings. The first-order valence-electron chi connectivity index (χ1n) is 5.17. The van der Waals surface area contributed by atoms with E-state index in [2.05, 4.69) is 36.2 Å². The van der Waals surface area contributed by atoms with Crippen molar-refractivity contribution in [1.29, 1.82) is 0 Å². The van der Waals surface area contributed by atoms with Crippen molar-refractivity contribution < 1.29 is 5.11 Å². The van der Waals surface area contributed by atoms with Gasteiger partial charge in [-0.1, -0.05) is 5.21 Å². The molecule has 0 aliphatic heterocycles. The number of halogens is 1. The van der Waals surface area contributed by atoms with E-state index >= 15 is 0 Å². The lowest BCUT2D eigenvalue weighted by Crippen LogP contribution is -2.19. The number of aliphatic hydroxyl groups excluding tert-OH is 1. The van der Waals surface area contributed by atoms with Crippen LogP contribution in [0, 0.1) is 0 Å². The largest absolute Gasteiger partial charge is 0.391 e. The van der Waals surface area contributed by atoms with Crippen LogP contribution in [-0.4, -0.2) is 36.2 Å². The van der Waals surface area contributed by atoms with E-state index in [0.29, 0.717) is 15.8 Å². The van der Waals surface area contributed by atoms with Crippen LogP contribution in [0.1, 0.15) is 25.3 Å². The van der Waals surface area contributed by atoms with Crippen LogP contribution in [0.2, 0.25) is 0 Å². The summed E-state index contributed by atoms with van der Waals surface area (Å²) in [5.74, 6) is 0. The molecule has 16 heavy (non-hydrogen) atoms. The molecule has 1 aliphatic carbocycles. The second-order valence-electron chi connectivity index (χ2n) is 3.94. The standard InChI is InChI=1S/C9H10BrN5O/c10-8-7-9(12-4-11-8)15(14-13-7)5-2-1-3-6(5)16/h4-6,16H,1-3H2/t5-,6+/m0/s1. The molecule has 0 amide bonds. The molecule has 1 fully saturated rings. The number of aliphatic hydroxyl groups is 1. The maximum absolute atomic E-state index is 9.85. The van der Waals surface area contributed by atoms with Crippen LogP contribution in [-0.2, 0) is 0 Å². The highest BCUT2D eigenvalue weighted by molar-refractivity contribution is 9.10. The molecule has 6 nitrogen and oxygen atoms in total. The highest BCUT2D eigenvalue weighted by atomic mass is 79.9. The number of hydrogen-bond acceptors (Lipinski definition) is 5. The lowest BCUT2D eigenvalue weighted by atomic mass is 10.2. The normalized spacial score (nSPS) is 25.4. The van der Waals surface area contributed by atoms with E-state index in [-0.39, 0.29) is 12.1 Å². The van der Waals surface area contributed by atoms with Gasteiger partial charge in [-0.15, -0.1) is 5.10 Å². The van der Waals surface area contributed by atoms with Gasteiger partial charge < -0.3 is 5.11 Å². The van der Waals surface area contributed by atoms with E-state index < -0.39 is 0 Å². The second-order valence-corrected chi connectivity index (χ2v) is 4.69. The van der Waals surface area contributed by atoms with Crippen LogP contribution in [0.25, 0.3) is 11.2 Å². The Balaban J connectivity index is 2.14. The Morgan fingerprint density at radius 3 is 3.00 bits per heavy atom. The molecule has 0 bridgehead atoms. The van der Waals surface area contributed by atoms with Crippen molar-refractivity contribution in [3.63, 3.8) is 0 Å². The first-order valence-corrected chi connectivity index (χ1v) is 5.96. The van der Waals surface area contributed by atoms with E-state index in [1.165, 1.54) is 6.33 Å². The fourth-order valence-corrected chi connectivity index (χ4v) is 2.52. The van der Waals surface area contributed by atoms with Gasteiger partial charge >= 0.3 is 0 Å². The Hall–Kier alpha value is -1.08. The third-order valence-corrected chi connectivity index (χ3v) is 3.55. The molecular formula is C9H10BrN5O. The van der Waals surface area contributed by atoms with Gasteiger partial charge in [0.2, 0.25) is 0 Å². The van der Waals surface area contributed by atoms with Gasteiger partial charge in [0.15, 0.2) is 11.2 Å². The van der Waals surface area contributed by atoms with Gasteiger partial charge in [0.05, 0.1) is 12.1 Å². The Kier molecular flexibility index (Phi) is 2.36. The summed E-state index contributed by atoms with van der Waals surface area (Å²) in [5.41, 5.74) is 1.31. The number of hydrogen-bond donors (Lipinski definition) is 1. The van der Waals surface area contributed by atoms with Crippen molar-refractivity contribution in [1.82, 2.24) is 25.0 Å². The van der Waals surface area contributed by atoms with Gasteiger partial charge in [-0.3, -0.25) is 0 Å². The van der Waals surface area contributed by atoms with E-state index in [1.54, 1.807) is 4.68 Å². The van der Waals surface area contributed by atoms with Gasteiger partial charge in [-0.2, -0.15) is 0 Å². The zero-order chi connectivity index (χ0) is 11.1. The van der Waals surface area contributed by atoms with Gasteiger partial charge in [-0.05, 0) is 35.2 Å². The number of fused-ring (bicyclic) bond motifs is 1. The molecular weight excluding hydrogens is 274 g/mol. The smallest absolute Gasteiger partial charge is 0.183 e. The highest BCUT2D eigenvalue weighted by Crippen LogP contribution is 2.31. The third-order valence-electron chi connectivity index (χ3n) is 2.97. The summed E-state index contributed by atoms with van der Waals surface area (Å²) in [4.78, 5) is 8.16. The topological polar surface area (TPSA) is 76.7 Å². The van der Waals surface area contributed by atoms with Crippen LogP contribution in [0.3, 0.4) is 0 Å². The van der Waals surface area contributed by atoms with E-state index in [9.17, 15) is 5.11 Å². The predicted octanol–water partition coefficient (Wildman–Crippen LogP) is 1.07. The lowest BCUT2D eigenvalue weighted by molar-refractivity contribution is 0.131. The zero-order valence-electron chi connectivity index (χ0n) is 8.41. The molecule has 84 valence electrons. The van der Waals surface area contributed by atoms with Crippen LogP contribution in [0.5, 0.6) is 0 Å². The van der Waals surface area contributed by atoms with Crippen molar-refractivity contribution in [3.8, 4) is 0 Å². The first kappa shape index (κ1) is 10.1. The lowest BCUT2D eigenvalue weighted by Gasteiger charge is -2.14. The van der Waals surface area contributed by atoms with Crippen molar-refractivity contribution >= 4 is 27.1 Å². The van der Waals surface area contributed by atoms with Crippen LogP contribution < -0.4 is 0 Å². The molecule has 0 aromatic carbocycles. The zero-order valence-corrected chi connectivity index (χ0v) is 10.0. The average molecular weight is 284 g/mol. The van der Waals surface area contributed by atoms with Crippen molar-refractivity contribution in [2.24, 2.45) is 0 Å². The summed E-state index contributed by atoms with van der Waals surface area (Å²) in [6.45, 7) is 0. The Bertz CT molecular complexity index is 528. The minimum atomic E-state index is -0.348. The molecule has 2 atom stereocenters. The minimum absolute atomic E-state index is 0.00759. The summed E-state index contributed by atoms with van der Waals surface area (Å²) in [5, 5.41) is 17.9. The fourth-order valence-electron chi connectivity index (χ4n) is 2.17. The second kappa shape index (κ2) is 3.74. The van der Waals surface area contributed by atoms with E-state index in [1.807, 2.05) is 0 Å². The molecule has 1 N–H and O–H groups in total. The van der Waals surface area contributed by atoms with Gasteiger partial charge in [0.1, 0.15) is 10.9 Å². The Labute approximate surface area is 99.8 Å². The highest BCUT2D eigenvalue weighted by Gasteiger charge is 2.29. The summed E-state index contributed by atoms with van der Waals surface area (Å²) >= 11 is 3.30. The predicted molar refractivity (Wildman–Crippen MR) is 59.7 cm³/mol. The van der Waals surface area contributed by atoms with Crippen molar-refractivity contribution in [3.05, 3.63) is 10.9 Å². The number of nitrogens with zero attached hydrogens (tertiary/aromatic N) is 5. The monoisotopic (exact) mass is 283 g/mol. The molecule has 0 radical (unpaired) electrons. The number of rotatable bonds is 1. The Morgan fingerprint density at radius 2 is 2.25 bits per heavy atom. The summed E-state index contributed by atoms with van der Waals surface area (Å²) in [6, 6.07) is -0.00759. The van der Waals surface area contributed by atoms with Gasteiger partial charge in [-0.25, -0.2) is 14.6 Å². The quantitative estimate of drug-likeness (QED) is 0.793. The maximum Gasteiger partial charge on any atom is 0.183 e. The van der Waals surface area contributed by atoms with Gasteiger partial charge in [0.25, 0.3) is 0 Å². The Morgan fingerprint density at radius 1 is 1.38 bits per heavy atom. The van der Waals surface area contributed by atoms with Crippen LogP contribution in [0.15, 0.2) is 10.9 Å². The maximum atomic E-state index is 9.85. The first-order chi connectivity index (χ1) is 7.77. The van der Waals surface area contributed by atoms with Crippen LogP contribution in [0.4, 0.5) is 0 Å². The summed E-state index contributed by atoms with van der Waals surface area (Å²) < 4.78 is 2.34. The SMILES string of the molecule is O[C@@H]1CCC[C@@H]1n1nnc2c(Br)ncnc21. The third kappa shape index (κ3) is 1.42. The van der Waals surface area contributed by atoms with E-state index in [4.69, 9.17) is 0 Å². The minimum Gasteiger partial charge on any atom is -0.391 e. The molecule has 7 heteroatoms. The molecule has 0 spiro atoms. The van der Waals surface area contributed by atoms with Gasteiger partial charge in [0, 0.05) is 0 Å². The average Bonchev–Trinajstić information content (AvgIpc) is 2.84. The number of aromatic nitrogens is 5. The molecule has 2 aromatic heterocycles. The molecule has 0 unspecified atom stereocenters. The molecule has 0 saturated heterocycles. The van der Waals surface area contributed by atoms with Crippen molar-refractivity contribution in [2.45, 2.75) is 31.4 Å². The molecule has 2 aromatic rings. The molecule has 2 heterocycles. The molecule has 1 saturated carbocycles.